The van der Waals surface area contributed by atoms with Crippen molar-refractivity contribution in [2.24, 2.45) is 0 Å². The number of ether oxygens (including phenoxy) is 2. The first-order valence-corrected chi connectivity index (χ1v) is 12.1. The summed E-state index contributed by atoms with van der Waals surface area (Å²) in [5, 5.41) is 11.9. The summed E-state index contributed by atoms with van der Waals surface area (Å²) in [5.41, 5.74) is 3.95. The van der Waals surface area contributed by atoms with E-state index in [-0.39, 0.29) is 12.6 Å². The Morgan fingerprint density at radius 1 is 1.06 bits per heavy atom. The van der Waals surface area contributed by atoms with Crippen molar-refractivity contribution in [3.8, 4) is 5.75 Å². The van der Waals surface area contributed by atoms with Gasteiger partial charge in [-0.2, -0.15) is 5.10 Å². The van der Waals surface area contributed by atoms with Gasteiger partial charge >= 0.3 is 5.97 Å². The number of piperidine rings is 1. The summed E-state index contributed by atoms with van der Waals surface area (Å²) in [4.78, 5) is 14.5. The van der Waals surface area contributed by atoms with E-state index in [9.17, 15) is 4.79 Å². The molecule has 7 nitrogen and oxygen atoms in total. The van der Waals surface area contributed by atoms with Crippen molar-refractivity contribution in [2.75, 3.05) is 31.6 Å². The van der Waals surface area contributed by atoms with E-state index < -0.39 is 0 Å². The first-order valence-electron chi connectivity index (χ1n) is 12.1. The van der Waals surface area contributed by atoms with Gasteiger partial charge in [-0.25, -0.2) is 4.79 Å². The highest BCUT2D eigenvalue weighted by Gasteiger charge is 2.20. The standard InChI is InChI=1S/C28H30N4O3/c33-28(22-7-2-1-3-8-22)35-15-14-34-26-10-4-6-21(16-26)19-32-13-5-9-25(20-32)30-24-11-12-27-23(17-24)18-29-31-27/h1-4,6-8,10-12,16-18,25,30H,5,9,13-15,19-20H2,(H,29,31). The number of nitrogens with one attached hydrogen (secondary N) is 2. The van der Waals surface area contributed by atoms with Crippen LogP contribution in [0.5, 0.6) is 5.75 Å². The van der Waals surface area contributed by atoms with Crippen LogP contribution in [0, 0.1) is 0 Å². The van der Waals surface area contributed by atoms with Gasteiger partial charge in [0.15, 0.2) is 0 Å². The SMILES string of the molecule is O=C(OCCOc1cccc(CN2CCCC(Nc3ccc4[nH]ncc4c3)C2)c1)c1ccccc1. The smallest absolute Gasteiger partial charge is 0.338 e. The number of carbonyl (C=O) groups is 1. The van der Waals surface area contributed by atoms with Gasteiger partial charge in [0.05, 0.1) is 17.3 Å². The Balaban J connectivity index is 1.09. The molecule has 4 aromatic rings. The van der Waals surface area contributed by atoms with Crippen LogP contribution in [0.2, 0.25) is 0 Å². The lowest BCUT2D eigenvalue weighted by Gasteiger charge is -2.33. The molecule has 0 saturated carbocycles. The van der Waals surface area contributed by atoms with E-state index in [0.717, 1.165) is 54.8 Å². The third-order valence-electron chi connectivity index (χ3n) is 6.22. The molecule has 0 spiro atoms. The van der Waals surface area contributed by atoms with Crippen molar-refractivity contribution in [3.63, 3.8) is 0 Å². The molecule has 0 amide bonds. The van der Waals surface area contributed by atoms with Crippen LogP contribution in [-0.2, 0) is 11.3 Å². The fourth-order valence-corrected chi connectivity index (χ4v) is 4.53. The van der Waals surface area contributed by atoms with Crippen molar-refractivity contribution in [1.29, 1.82) is 0 Å². The average molecular weight is 471 g/mol. The van der Waals surface area contributed by atoms with Gasteiger partial charge in [0.1, 0.15) is 19.0 Å². The van der Waals surface area contributed by atoms with E-state index in [4.69, 9.17) is 9.47 Å². The second-order valence-corrected chi connectivity index (χ2v) is 8.89. The number of benzene rings is 3. The van der Waals surface area contributed by atoms with Gasteiger partial charge < -0.3 is 14.8 Å². The zero-order valence-electron chi connectivity index (χ0n) is 19.7. The van der Waals surface area contributed by atoms with Crippen molar-refractivity contribution in [3.05, 3.63) is 90.1 Å². The first kappa shape index (κ1) is 22.9. The summed E-state index contributed by atoms with van der Waals surface area (Å²) in [6.45, 7) is 3.48. The predicted octanol–water partition coefficient (Wildman–Crippen LogP) is 4.88. The van der Waals surface area contributed by atoms with Gasteiger partial charge in [0.25, 0.3) is 0 Å². The van der Waals surface area contributed by atoms with Crippen LogP contribution >= 0.6 is 0 Å². The largest absolute Gasteiger partial charge is 0.490 e. The minimum Gasteiger partial charge on any atom is -0.490 e. The molecule has 5 rings (SSSR count). The molecule has 180 valence electrons. The summed E-state index contributed by atoms with van der Waals surface area (Å²) >= 11 is 0. The molecule has 1 aliphatic rings. The summed E-state index contributed by atoms with van der Waals surface area (Å²) in [6, 6.07) is 23.9. The van der Waals surface area contributed by atoms with Gasteiger partial charge in [0.2, 0.25) is 0 Å². The normalized spacial score (nSPS) is 16.2. The number of hydrogen-bond donors (Lipinski definition) is 2. The molecule has 1 aromatic heterocycles. The minimum absolute atomic E-state index is 0.210. The van der Waals surface area contributed by atoms with Crippen LogP contribution in [0.3, 0.4) is 0 Å². The highest BCUT2D eigenvalue weighted by atomic mass is 16.6. The number of carbonyl (C=O) groups excluding carboxylic acids is 1. The molecule has 7 heteroatoms. The second-order valence-electron chi connectivity index (χ2n) is 8.89. The molecule has 0 aliphatic carbocycles. The minimum atomic E-state index is -0.333. The molecule has 2 N–H and O–H groups in total. The van der Waals surface area contributed by atoms with Gasteiger partial charge in [-0.1, -0.05) is 30.3 Å². The number of likely N-dealkylation sites (tertiary alicyclic amines) is 1. The average Bonchev–Trinajstić information content (AvgIpc) is 3.35. The molecule has 1 fully saturated rings. The fraction of sp³-hybridized carbons (Fsp3) is 0.286. The van der Waals surface area contributed by atoms with E-state index >= 15 is 0 Å². The Bertz CT molecular complexity index is 1260. The second kappa shape index (κ2) is 11.1. The number of aromatic nitrogens is 2. The predicted molar refractivity (Wildman–Crippen MR) is 137 cm³/mol. The quantitative estimate of drug-likeness (QED) is 0.268. The zero-order chi connectivity index (χ0) is 23.9. The number of rotatable bonds is 9. The summed E-state index contributed by atoms with van der Waals surface area (Å²) in [7, 11) is 0. The summed E-state index contributed by atoms with van der Waals surface area (Å²) < 4.78 is 11.1. The third-order valence-corrected chi connectivity index (χ3v) is 6.22. The number of nitrogens with zero attached hydrogens (tertiary/aromatic N) is 2. The lowest BCUT2D eigenvalue weighted by molar-refractivity contribution is 0.0450. The van der Waals surface area contributed by atoms with Gasteiger partial charge in [0, 0.05) is 30.2 Å². The summed E-state index contributed by atoms with van der Waals surface area (Å²) in [6.07, 6.45) is 4.18. The van der Waals surface area contributed by atoms with Crippen LogP contribution in [-0.4, -0.2) is 53.4 Å². The zero-order valence-corrected chi connectivity index (χ0v) is 19.7. The van der Waals surface area contributed by atoms with Crippen LogP contribution in [0.25, 0.3) is 10.9 Å². The molecule has 3 aromatic carbocycles. The van der Waals surface area contributed by atoms with E-state index in [0.29, 0.717) is 18.2 Å². The van der Waals surface area contributed by atoms with E-state index in [1.54, 1.807) is 12.1 Å². The van der Waals surface area contributed by atoms with Crippen molar-refractivity contribution in [1.82, 2.24) is 15.1 Å². The van der Waals surface area contributed by atoms with Crippen molar-refractivity contribution in [2.45, 2.75) is 25.4 Å². The van der Waals surface area contributed by atoms with Crippen LogP contribution < -0.4 is 10.1 Å². The Kier molecular flexibility index (Phi) is 7.24. The molecule has 1 atom stereocenters. The number of esters is 1. The molecule has 1 saturated heterocycles. The monoisotopic (exact) mass is 470 g/mol. The Morgan fingerprint density at radius 2 is 1.97 bits per heavy atom. The van der Waals surface area contributed by atoms with Gasteiger partial charge in [-0.15, -0.1) is 0 Å². The molecular formula is C28H30N4O3. The molecule has 0 radical (unpaired) electrons. The van der Waals surface area contributed by atoms with Crippen LogP contribution in [0.4, 0.5) is 5.69 Å². The van der Waals surface area contributed by atoms with E-state index in [1.807, 2.05) is 36.5 Å². The highest BCUT2D eigenvalue weighted by Crippen LogP contribution is 2.22. The van der Waals surface area contributed by atoms with Gasteiger partial charge in [-0.3, -0.25) is 10.00 Å². The number of anilines is 1. The highest BCUT2D eigenvalue weighted by molar-refractivity contribution is 5.89. The van der Waals surface area contributed by atoms with Crippen LogP contribution in [0.1, 0.15) is 28.8 Å². The maximum atomic E-state index is 12.0. The Morgan fingerprint density at radius 3 is 2.89 bits per heavy atom. The fourth-order valence-electron chi connectivity index (χ4n) is 4.53. The van der Waals surface area contributed by atoms with Crippen LogP contribution in [0.15, 0.2) is 79.0 Å². The van der Waals surface area contributed by atoms with Crippen molar-refractivity contribution >= 4 is 22.6 Å². The molecule has 35 heavy (non-hydrogen) atoms. The summed E-state index contributed by atoms with van der Waals surface area (Å²) in [5.74, 6) is 0.458. The maximum Gasteiger partial charge on any atom is 0.338 e. The molecule has 0 bridgehead atoms. The number of aromatic amines is 1. The van der Waals surface area contributed by atoms with Crippen molar-refractivity contribution < 1.29 is 14.3 Å². The molecule has 2 heterocycles. The first-order chi connectivity index (χ1) is 17.2. The molecule has 1 aliphatic heterocycles. The Labute approximate surface area is 205 Å². The van der Waals surface area contributed by atoms with Gasteiger partial charge in [-0.05, 0) is 67.4 Å². The third kappa shape index (κ3) is 6.19. The number of H-pyrrole nitrogens is 1. The molecular weight excluding hydrogens is 440 g/mol. The topological polar surface area (TPSA) is 79.5 Å². The number of hydrogen-bond acceptors (Lipinski definition) is 6. The number of fused-ring (bicyclic) bond motifs is 1. The van der Waals surface area contributed by atoms with E-state index in [1.165, 1.54) is 5.56 Å². The lowest BCUT2D eigenvalue weighted by Crippen LogP contribution is -2.41. The lowest BCUT2D eigenvalue weighted by atomic mass is 10.0. The van der Waals surface area contributed by atoms with E-state index in [2.05, 4.69) is 50.7 Å². The molecule has 1 unspecified atom stereocenters. The maximum absolute atomic E-state index is 12.0. The Hall–Kier alpha value is -3.84.